The van der Waals surface area contributed by atoms with Crippen molar-refractivity contribution in [1.82, 2.24) is 4.98 Å². The van der Waals surface area contributed by atoms with Crippen molar-refractivity contribution in [3.8, 4) is 0 Å². The number of hydrogen-bond acceptors (Lipinski definition) is 1. The monoisotopic (exact) mass is 169 g/mol. The maximum Gasteiger partial charge on any atom is 0.0702 e. The minimum atomic E-state index is 1.03. The highest BCUT2D eigenvalue weighted by molar-refractivity contribution is 5.65. The number of fused-ring (bicyclic) bond motifs is 1. The molecule has 0 amide bonds. The van der Waals surface area contributed by atoms with Crippen molar-refractivity contribution in [2.45, 2.75) is 6.92 Å². The highest BCUT2D eigenvalue weighted by Gasteiger charge is 1.97. The lowest BCUT2D eigenvalue weighted by Crippen LogP contribution is -1.88. The molecule has 1 aliphatic rings. The number of rotatable bonds is 0. The Bertz CT molecular complexity index is 398. The second-order valence-corrected chi connectivity index (χ2v) is 3.09. The van der Waals surface area contributed by atoms with E-state index in [0.717, 1.165) is 5.69 Å². The zero-order chi connectivity index (χ0) is 9.10. The fourth-order valence-electron chi connectivity index (χ4n) is 1.31. The van der Waals surface area contributed by atoms with Gasteiger partial charge in [-0.25, -0.2) is 0 Å². The van der Waals surface area contributed by atoms with Gasteiger partial charge in [0.1, 0.15) is 0 Å². The van der Waals surface area contributed by atoms with E-state index in [9.17, 15) is 0 Å². The quantitative estimate of drug-likeness (QED) is 0.581. The van der Waals surface area contributed by atoms with Crippen LogP contribution in [0.2, 0.25) is 0 Å². The summed E-state index contributed by atoms with van der Waals surface area (Å²) in [5.41, 5.74) is 3.41. The van der Waals surface area contributed by atoms with Gasteiger partial charge in [-0.15, -0.1) is 0 Å². The van der Waals surface area contributed by atoms with Gasteiger partial charge in [0.05, 0.1) is 5.69 Å². The predicted octanol–water partition coefficient (Wildman–Crippen LogP) is 2.99. The van der Waals surface area contributed by atoms with Crippen molar-refractivity contribution in [2.24, 2.45) is 0 Å². The molecule has 1 heterocycles. The summed E-state index contributed by atoms with van der Waals surface area (Å²) in [6.45, 7) is 2.06. The Kier molecular flexibility index (Phi) is 2.09. The zero-order valence-electron chi connectivity index (χ0n) is 7.57. The third-order valence-corrected chi connectivity index (χ3v) is 1.95. The van der Waals surface area contributed by atoms with E-state index in [4.69, 9.17) is 0 Å². The summed E-state index contributed by atoms with van der Waals surface area (Å²) in [6, 6.07) is 2.14. The molecule has 0 N–H and O–H groups in total. The molecule has 0 radical (unpaired) electrons. The Labute approximate surface area is 78.1 Å². The Morgan fingerprint density at radius 1 is 1.00 bits per heavy atom. The standard InChI is InChI=1S/C12H11N/c1-10-8-11-6-4-2-3-5-7-12(11)13-9-10/h2-9H,1H3/b3-2-,4-2?,5-3?,6-4-,7-5?,11-6?,12-7?. The van der Waals surface area contributed by atoms with Gasteiger partial charge in [-0.1, -0.05) is 30.4 Å². The third-order valence-electron chi connectivity index (χ3n) is 1.95. The first kappa shape index (κ1) is 7.99. The minimum absolute atomic E-state index is 1.03. The number of hydrogen-bond donors (Lipinski definition) is 0. The average Bonchev–Trinajstić information content (AvgIpc) is 2.08. The predicted molar refractivity (Wildman–Crippen MR) is 56.2 cm³/mol. The summed E-state index contributed by atoms with van der Waals surface area (Å²) < 4.78 is 0. The molecule has 0 bridgehead atoms. The summed E-state index contributed by atoms with van der Waals surface area (Å²) in [5, 5.41) is 0. The largest absolute Gasteiger partial charge is 0.256 e. The van der Waals surface area contributed by atoms with Gasteiger partial charge in [0.25, 0.3) is 0 Å². The van der Waals surface area contributed by atoms with Crippen molar-refractivity contribution < 1.29 is 0 Å². The number of aryl methyl sites for hydroxylation is 1. The maximum atomic E-state index is 4.35. The van der Waals surface area contributed by atoms with Gasteiger partial charge < -0.3 is 0 Å². The number of nitrogens with zero attached hydrogens (tertiary/aromatic N) is 1. The first-order valence-electron chi connectivity index (χ1n) is 4.34. The summed E-state index contributed by atoms with van der Waals surface area (Å²) >= 11 is 0. The summed E-state index contributed by atoms with van der Waals surface area (Å²) in [5.74, 6) is 0. The topological polar surface area (TPSA) is 12.9 Å². The lowest BCUT2D eigenvalue weighted by atomic mass is 10.1. The summed E-state index contributed by atoms with van der Waals surface area (Å²) in [6.07, 6.45) is 14.0. The minimum Gasteiger partial charge on any atom is -0.256 e. The molecular formula is C12H11N. The van der Waals surface area contributed by atoms with Gasteiger partial charge in [-0.2, -0.15) is 0 Å². The van der Waals surface area contributed by atoms with Gasteiger partial charge in [0.15, 0.2) is 0 Å². The highest BCUT2D eigenvalue weighted by atomic mass is 14.7. The van der Waals surface area contributed by atoms with Crippen LogP contribution in [0.1, 0.15) is 16.8 Å². The Morgan fingerprint density at radius 2 is 1.77 bits per heavy atom. The van der Waals surface area contributed by atoms with Crippen LogP contribution in [-0.4, -0.2) is 4.98 Å². The normalized spacial score (nSPS) is 18.5. The van der Waals surface area contributed by atoms with Gasteiger partial charge in [0.2, 0.25) is 0 Å². The van der Waals surface area contributed by atoms with Gasteiger partial charge >= 0.3 is 0 Å². The molecule has 1 heteroatoms. The lowest BCUT2D eigenvalue weighted by molar-refractivity contribution is 1.23. The fourth-order valence-corrected chi connectivity index (χ4v) is 1.31. The van der Waals surface area contributed by atoms with Crippen molar-refractivity contribution in [1.29, 1.82) is 0 Å². The van der Waals surface area contributed by atoms with E-state index in [1.807, 2.05) is 36.6 Å². The van der Waals surface area contributed by atoms with Crippen molar-refractivity contribution in [2.75, 3.05) is 0 Å². The second-order valence-electron chi connectivity index (χ2n) is 3.09. The highest BCUT2D eigenvalue weighted by Crippen LogP contribution is 2.13. The molecule has 64 valence electrons. The maximum absolute atomic E-state index is 4.35. The van der Waals surface area contributed by atoms with E-state index in [2.05, 4.69) is 24.1 Å². The van der Waals surface area contributed by atoms with Crippen LogP contribution in [0.5, 0.6) is 0 Å². The molecule has 0 aromatic carbocycles. The van der Waals surface area contributed by atoms with E-state index < -0.39 is 0 Å². The first-order valence-corrected chi connectivity index (χ1v) is 4.34. The van der Waals surface area contributed by atoms with Crippen LogP contribution >= 0.6 is 0 Å². The molecule has 13 heavy (non-hydrogen) atoms. The summed E-state index contributed by atoms with van der Waals surface area (Å²) in [7, 11) is 0. The molecule has 0 fully saturated rings. The van der Waals surface area contributed by atoms with E-state index in [1.54, 1.807) is 0 Å². The van der Waals surface area contributed by atoms with Crippen LogP contribution in [0.25, 0.3) is 12.2 Å². The smallest absolute Gasteiger partial charge is 0.0702 e. The van der Waals surface area contributed by atoms with Crippen molar-refractivity contribution in [3.63, 3.8) is 0 Å². The van der Waals surface area contributed by atoms with Crippen molar-refractivity contribution >= 4 is 12.2 Å². The molecule has 1 aliphatic carbocycles. The lowest BCUT2D eigenvalue weighted by Gasteiger charge is -2.02. The van der Waals surface area contributed by atoms with E-state index in [1.165, 1.54) is 11.1 Å². The van der Waals surface area contributed by atoms with Crippen LogP contribution in [0.15, 0.2) is 36.6 Å². The Morgan fingerprint density at radius 3 is 2.62 bits per heavy atom. The number of pyridine rings is 1. The molecular weight excluding hydrogens is 158 g/mol. The van der Waals surface area contributed by atoms with Gasteiger partial charge in [-0.3, -0.25) is 4.98 Å². The van der Waals surface area contributed by atoms with Crippen LogP contribution < -0.4 is 0 Å². The van der Waals surface area contributed by atoms with Crippen molar-refractivity contribution in [3.05, 3.63) is 53.4 Å². The van der Waals surface area contributed by atoms with Crippen LogP contribution in [0.4, 0.5) is 0 Å². The molecule has 1 nitrogen and oxygen atoms in total. The van der Waals surface area contributed by atoms with Gasteiger partial charge in [0, 0.05) is 11.8 Å². The van der Waals surface area contributed by atoms with Gasteiger partial charge in [-0.05, 0) is 24.6 Å². The number of aromatic nitrogens is 1. The Balaban J connectivity index is 2.56. The number of allylic oxidation sites excluding steroid dienone is 4. The molecule has 0 spiro atoms. The van der Waals surface area contributed by atoms with Crippen LogP contribution in [0.3, 0.4) is 0 Å². The summed E-state index contributed by atoms with van der Waals surface area (Å²) in [4.78, 5) is 4.35. The molecule has 0 saturated heterocycles. The van der Waals surface area contributed by atoms with Crippen LogP contribution in [0, 0.1) is 6.92 Å². The molecule has 1 aromatic heterocycles. The SMILES string of the molecule is Cc1cnc2c(c1)/C=C\C=C/C=C2. The molecule has 0 aliphatic heterocycles. The average molecular weight is 169 g/mol. The van der Waals surface area contributed by atoms with Crippen LogP contribution in [-0.2, 0) is 0 Å². The zero-order valence-corrected chi connectivity index (χ0v) is 7.57. The van der Waals surface area contributed by atoms with E-state index in [0.29, 0.717) is 0 Å². The first-order chi connectivity index (χ1) is 6.36. The molecule has 1 aromatic rings. The fraction of sp³-hybridized carbons (Fsp3) is 0.0833. The molecule has 2 rings (SSSR count). The third kappa shape index (κ3) is 1.75. The Hall–Kier alpha value is -1.63. The molecule has 0 unspecified atom stereocenters. The van der Waals surface area contributed by atoms with E-state index >= 15 is 0 Å². The molecule has 0 saturated carbocycles. The molecule has 0 atom stereocenters. The van der Waals surface area contributed by atoms with E-state index in [-0.39, 0.29) is 0 Å². The second kappa shape index (κ2) is 3.40.